The molecular weight excluding hydrogens is 302 g/mol. The van der Waals surface area contributed by atoms with Gasteiger partial charge in [0.15, 0.2) is 0 Å². The highest BCUT2D eigenvalue weighted by Gasteiger charge is 2.10. The predicted molar refractivity (Wildman–Crippen MR) is 88.0 cm³/mol. The first-order valence-electron chi connectivity index (χ1n) is 7.31. The van der Waals surface area contributed by atoms with Crippen LogP contribution in [0.5, 0.6) is 5.75 Å². The summed E-state index contributed by atoms with van der Waals surface area (Å²) in [5, 5.41) is 12.3. The van der Waals surface area contributed by atoms with Crippen LogP contribution in [0.3, 0.4) is 0 Å². The molecule has 0 aliphatic carbocycles. The van der Waals surface area contributed by atoms with E-state index in [1.807, 2.05) is 25.1 Å². The van der Waals surface area contributed by atoms with Gasteiger partial charge in [-0.15, -0.1) is 0 Å². The normalized spacial score (nSPS) is 15.0. The summed E-state index contributed by atoms with van der Waals surface area (Å²) in [5.41, 5.74) is 1.82. The van der Waals surface area contributed by atoms with Gasteiger partial charge < -0.3 is 15.2 Å². The lowest BCUT2D eigenvalue weighted by atomic mass is 10.1. The van der Waals surface area contributed by atoms with Crippen molar-refractivity contribution in [1.82, 2.24) is 5.32 Å². The smallest absolute Gasteiger partial charge is 0.244 e. The Labute approximate surface area is 135 Å². The van der Waals surface area contributed by atoms with Gasteiger partial charge in [0, 0.05) is 29.3 Å². The van der Waals surface area contributed by atoms with E-state index in [-0.39, 0.29) is 18.6 Å². The third-order valence-corrected chi connectivity index (χ3v) is 3.57. The number of aliphatic hydroxyl groups is 1. The first-order valence-corrected chi connectivity index (χ1v) is 7.68. The van der Waals surface area contributed by atoms with Crippen LogP contribution in [0.2, 0.25) is 5.02 Å². The fourth-order valence-corrected chi connectivity index (χ4v) is 2.39. The Bertz CT molecular complexity index is 596. The first-order chi connectivity index (χ1) is 10.6. The van der Waals surface area contributed by atoms with E-state index in [1.54, 1.807) is 12.1 Å². The van der Waals surface area contributed by atoms with E-state index in [2.05, 4.69) is 5.32 Å². The number of amides is 1. The van der Waals surface area contributed by atoms with E-state index in [0.717, 1.165) is 23.3 Å². The Balaban J connectivity index is 1.94. The number of carbonyl (C=O) groups is 1. The summed E-state index contributed by atoms with van der Waals surface area (Å²) in [4.78, 5) is 11.8. The van der Waals surface area contributed by atoms with Gasteiger partial charge in [0.05, 0.1) is 0 Å². The summed E-state index contributed by atoms with van der Waals surface area (Å²) in [6.07, 6.45) is 6.65. The second-order valence-corrected chi connectivity index (χ2v) is 5.74. The van der Waals surface area contributed by atoms with Crippen molar-refractivity contribution in [3.63, 3.8) is 0 Å². The molecule has 0 bridgehead atoms. The molecular formula is C17H20ClNO3. The molecule has 1 aromatic carbocycles. The maximum absolute atomic E-state index is 11.8. The van der Waals surface area contributed by atoms with Crippen molar-refractivity contribution < 1.29 is 14.6 Å². The van der Waals surface area contributed by atoms with Gasteiger partial charge in [-0.25, -0.2) is 0 Å². The fraction of sp³-hybridized carbons (Fsp3) is 0.353. The monoisotopic (exact) mass is 321 g/mol. The van der Waals surface area contributed by atoms with Crippen molar-refractivity contribution >= 4 is 23.6 Å². The molecule has 1 unspecified atom stereocenters. The highest BCUT2D eigenvalue weighted by Crippen LogP contribution is 2.29. The largest absolute Gasteiger partial charge is 0.488 e. The standard InChI is InChI=1S/C17H20ClNO3/c1-12(3-2-8-20)19-17(21)7-4-13-9-14-10-15(18)5-6-16(14)22-11-13/h4-7,9-10,12,20H,2-3,8,11H2,1H3,(H,19,21)/b7-4+. The van der Waals surface area contributed by atoms with Gasteiger partial charge in [-0.1, -0.05) is 17.7 Å². The van der Waals surface area contributed by atoms with Gasteiger partial charge in [0.1, 0.15) is 12.4 Å². The molecule has 1 atom stereocenters. The quantitative estimate of drug-likeness (QED) is 0.792. The molecule has 0 spiro atoms. The summed E-state index contributed by atoms with van der Waals surface area (Å²) in [6, 6.07) is 5.50. The molecule has 4 nitrogen and oxygen atoms in total. The second-order valence-electron chi connectivity index (χ2n) is 5.30. The number of aliphatic hydroxyl groups excluding tert-OH is 1. The molecule has 1 aromatic rings. The van der Waals surface area contributed by atoms with Crippen molar-refractivity contribution in [2.24, 2.45) is 0 Å². The Morgan fingerprint density at radius 1 is 1.55 bits per heavy atom. The van der Waals surface area contributed by atoms with Gasteiger partial charge in [-0.05, 0) is 49.6 Å². The fourth-order valence-electron chi connectivity index (χ4n) is 2.21. The lowest BCUT2D eigenvalue weighted by Gasteiger charge is -2.16. The van der Waals surface area contributed by atoms with Crippen molar-refractivity contribution in [3.05, 3.63) is 46.5 Å². The van der Waals surface area contributed by atoms with Crippen molar-refractivity contribution in [2.45, 2.75) is 25.8 Å². The van der Waals surface area contributed by atoms with Crippen molar-refractivity contribution in [2.75, 3.05) is 13.2 Å². The van der Waals surface area contributed by atoms with Crippen LogP contribution in [-0.4, -0.2) is 30.3 Å². The molecule has 0 aromatic heterocycles. The molecule has 5 heteroatoms. The molecule has 2 rings (SSSR count). The average molecular weight is 322 g/mol. The van der Waals surface area contributed by atoms with Crippen LogP contribution in [0.15, 0.2) is 35.9 Å². The van der Waals surface area contributed by atoms with E-state index < -0.39 is 0 Å². The zero-order valence-electron chi connectivity index (χ0n) is 12.5. The molecule has 1 aliphatic heterocycles. The average Bonchev–Trinajstić information content (AvgIpc) is 2.50. The third kappa shape index (κ3) is 4.90. The SMILES string of the molecule is CC(CCCO)NC(=O)/C=C/C1=Cc2cc(Cl)ccc2OC1. The highest BCUT2D eigenvalue weighted by atomic mass is 35.5. The number of hydrogen-bond acceptors (Lipinski definition) is 3. The molecule has 22 heavy (non-hydrogen) atoms. The zero-order chi connectivity index (χ0) is 15.9. The summed E-state index contributed by atoms with van der Waals surface area (Å²) < 4.78 is 5.62. The minimum absolute atomic E-state index is 0.0421. The van der Waals surface area contributed by atoms with Gasteiger partial charge >= 0.3 is 0 Å². The third-order valence-electron chi connectivity index (χ3n) is 3.34. The molecule has 1 amide bonds. The molecule has 118 valence electrons. The van der Waals surface area contributed by atoms with Crippen molar-refractivity contribution in [1.29, 1.82) is 0 Å². The predicted octanol–water partition coefficient (Wildman–Crippen LogP) is 2.95. The van der Waals surface area contributed by atoms with Crippen LogP contribution >= 0.6 is 11.6 Å². The zero-order valence-corrected chi connectivity index (χ0v) is 13.3. The summed E-state index contributed by atoms with van der Waals surface area (Å²) >= 11 is 5.97. The number of nitrogens with one attached hydrogen (secondary N) is 1. The van der Waals surface area contributed by atoms with E-state index in [0.29, 0.717) is 18.1 Å². The van der Waals surface area contributed by atoms with Crippen LogP contribution in [0, 0.1) is 0 Å². The highest BCUT2D eigenvalue weighted by molar-refractivity contribution is 6.30. The van der Waals surface area contributed by atoms with E-state index in [1.165, 1.54) is 6.08 Å². The molecule has 1 heterocycles. The van der Waals surface area contributed by atoms with Crippen LogP contribution < -0.4 is 10.1 Å². The minimum atomic E-state index is -0.150. The number of halogens is 1. The molecule has 0 saturated carbocycles. The van der Waals surface area contributed by atoms with E-state index in [9.17, 15) is 4.79 Å². The van der Waals surface area contributed by atoms with Crippen molar-refractivity contribution in [3.8, 4) is 5.75 Å². The van der Waals surface area contributed by atoms with Crippen LogP contribution in [0.1, 0.15) is 25.3 Å². The molecule has 2 N–H and O–H groups in total. The number of carbonyl (C=O) groups excluding carboxylic acids is 1. The van der Waals surface area contributed by atoms with Gasteiger partial charge in [0.2, 0.25) is 5.91 Å². The number of ether oxygens (including phenoxy) is 1. The Kier molecular flexibility index (Phi) is 6.04. The summed E-state index contributed by atoms with van der Waals surface area (Å²) in [6.45, 7) is 2.49. The molecule has 0 saturated heterocycles. The minimum Gasteiger partial charge on any atom is -0.488 e. The Morgan fingerprint density at radius 3 is 3.14 bits per heavy atom. The molecule has 1 aliphatic rings. The molecule has 0 radical (unpaired) electrons. The topological polar surface area (TPSA) is 58.6 Å². The molecule has 0 fully saturated rings. The van der Waals surface area contributed by atoms with Crippen LogP contribution in [-0.2, 0) is 4.79 Å². The maximum Gasteiger partial charge on any atom is 0.244 e. The Hall–Kier alpha value is -1.78. The van der Waals surface area contributed by atoms with E-state index in [4.69, 9.17) is 21.4 Å². The number of rotatable bonds is 6. The second kappa shape index (κ2) is 8.01. The lowest BCUT2D eigenvalue weighted by Crippen LogP contribution is -2.31. The first kappa shape index (κ1) is 16.6. The van der Waals surface area contributed by atoms with E-state index >= 15 is 0 Å². The number of hydrogen-bond donors (Lipinski definition) is 2. The van der Waals surface area contributed by atoms with Crippen LogP contribution in [0.4, 0.5) is 0 Å². The number of fused-ring (bicyclic) bond motifs is 1. The number of benzene rings is 1. The maximum atomic E-state index is 11.8. The van der Waals surface area contributed by atoms with Gasteiger partial charge in [-0.3, -0.25) is 4.79 Å². The van der Waals surface area contributed by atoms with Gasteiger partial charge in [-0.2, -0.15) is 0 Å². The van der Waals surface area contributed by atoms with Gasteiger partial charge in [0.25, 0.3) is 0 Å². The Morgan fingerprint density at radius 2 is 2.36 bits per heavy atom. The lowest BCUT2D eigenvalue weighted by molar-refractivity contribution is -0.117. The summed E-state index contributed by atoms with van der Waals surface area (Å²) in [5.74, 6) is 0.645. The summed E-state index contributed by atoms with van der Waals surface area (Å²) in [7, 11) is 0. The van der Waals surface area contributed by atoms with Crippen LogP contribution in [0.25, 0.3) is 6.08 Å².